The number of rotatable bonds is 11. The van der Waals surface area contributed by atoms with Crippen molar-refractivity contribution in [1.29, 1.82) is 0 Å². The first kappa shape index (κ1) is 25.3. The van der Waals surface area contributed by atoms with E-state index >= 15 is 0 Å². The van der Waals surface area contributed by atoms with Crippen LogP contribution in [0.2, 0.25) is 0 Å². The van der Waals surface area contributed by atoms with E-state index in [0.29, 0.717) is 25.8 Å². The normalized spacial score (nSPS) is 14.8. The van der Waals surface area contributed by atoms with Crippen LogP contribution in [0.25, 0.3) is 0 Å². The first-order valence-corrected chi connectivity index (χ1v) is 10.5. The Morgan fingerprint density at radius 2 is 1.80 bits per heavy atom. The van der Waals surface area contributed by atoms with E-state index in [1.165, 1.54) is 0 Å². The number of carbonyl (C=O) groups is 2. The van der Waals surface area contributed by atoms with Gasteiger partial charge in [-0.05, 0) is 45.3 Å². The molecule has 0 saturated heterocycles. The molecule has 4 N–H and O–H groups in total. The van der Waals surface area contributed by atoms with Gasteiger partial charge in [0.2, 0.25) is 11.8 Å². The lowest BCUT2D eigenvalue weighted by atomic mass is 10.0. The average molecular weight is 413 g/mol. The van der Waals surface area contributed by atoms with Gasteiger partial charge in [-0.1, -0.05) is 49.4 Å². The third-order valence-corrected chi connectivity index (χ3v) is 4.77. The molecule has 0 fully saturated rings. The molecule has 0 bridgehead atoms. The van der Waals surface area contributed by atoms with Crippen LogP contribution in [0, 0.1) is 0 Å². The van der Waals surface area contributed by atoms with E-state index in [1.54, 1.807) is 6.92 Å². The predicted molar refractivity (Wildman–Crippen MR) is 124 cm³/mol. The lowest BCUT2D eigenvalue weighted by Crippen LogP contribution is -2.52. The van der Waals surface area contributed by atoms with Crippen molar-refractivity contribution in [2.45, 2.75) is 66.0 Å². The zero-order valence-corrected chi connectivity index (χ0v) is 18.9. The minimum Gasteiger partial charge on any atom is -0.350 e. The van der Waals surface area contributed by atoms with E-state index in [9.17, 15) is 9.59 Å². The van der Waals surface area contributed by atoms with Crippen LogP contribution in [0.4, 0.5) is 0 Å². The summed E-state index contributed by atoms with van der Waals surface area (Å²) < 4.78 is 0. The van der Waals surface area contributed by atoms with Crippen LogP contribution in [0.1, 0.15) is 53.0 Å². The van der Waals surface area contributed by atoms with Crippen molar-refractivity contribution in [2.75, 3.05) is 6.54 Å². The lowest BCUT2D eigenvalue weighted by molar-refractivity contribution is -0.129. The number of hydrogen-bond donors (Lipinski definition) is 3. The number of allylic oxidation sites excluding steroid dienone is 4. The summed E-state index contributed by atoms with van der Waals surface area (Å²) in [5.74, 6) is -0.419. The van der Waals surface area contributed by atoms with E-state index < -0.39 is 6.04 Å². The second-order valence-electron chi connectivity index (χ2n) is 7.42. The van der Waals surface area contributed by atoms with Gasteiger partial charge in [0.1, 0.15) is 6.04 Å². The highest BCUT2D eigenvalue weighted by Crippen LogP contribution is 2.09. The molecule has 30 heavy (non-hydrogen) atoms. The molecule has 6 nitrogen and oxygen atoms in total. The molecule has 0 aliphatic rings. The van der Waals surface area contributed by atoms with Crippen molar-refractivity contribution >= 4 is 17.5 Å². The smallest absolute Gasteiger partial charge is 0.243 e. The number of hydrogen-bond acceptors (Lipinski definition) is 4. The van der Waals surface area contributed by atoms with Gasteiger partial charge in [0, 0.05) is 36.8 Å². The number of benzene rings is 1. The van der Waals surface area contributed by atoms with E-state index in [0.717, 1.165) is 22.5 Å². The van der Waals surface area contributed by atoms with Crippen LogP contribution in [0.5, 0.6) is 0 Å². The molecule has 0 radical (unpaired) electrons. The summed E-state index contributed by atoms with van der Waals surface area (Å²) in [7, 11) is 0. The third kappa shape index (κ3) is 9.18. The molecule has 0 spiro atoms. The minimum atomic E-state index is -0.694. The topological polar surface area (TPSA) is 96.6 Å². The first-order valence-electron chi connectivity index (χ1n) is 10.5. The quantitative estimate of drug-likeness (QED) is 0.384. The zero-order valence-electron chi connectivity index (χ0n) is 18.9. The van der Waals surface area contributed by atoms with Gasteiger partial charge >= 0.3 is 0 Å². The summed E-state index contributed by atoms with van der Waals surface area (Å²) in [5, 5.41) is 5.81. The van der Waals surface area contributed by atoms with Gasteiger partial charge in [0.05, 0.1) is 0 Å². The zero-order chi connectivity index (χ0) is 22.5. The highest BCUT2D eigenvalue weighted by atomic mass is 16.2. The molecule has 1 aromatic rings. The summed E-state index contributed by atoms with van der Waals surface area (Å²) in [6.07, 6.45) is 5.23. The second-order valence-corrected chi connectivity index (χ2v) is 7.42. The molecule has 6 heteroatoms. The van der Waals surface area contributed by atoms with Gasteiger partial charge in [0.15, 0.2) is 0 Å². The fraction of sp³-hybridized carbons (Fsp3) is 0.458. The molecule has 164 valence electrons. The number of aliphatic imine (C=N–C) groups is 1. The Bertz CT molecular complexity index is 782. The highest BCUT2D eigenvalue weighted by molar-refractivity contribution is 5.94. The van der Waals surface area contributed by atoms with Crippen molar-refractivity contribution in [2.24, 2.45) is 10.7 Å². The number of nitrogens with zero attached hydrogens (tertiary/aromatic N) is 1. The molecule has 1 rings (SSSR count). The van der Waals surface area contributed by atoms with Gasteiger partial charge < -0.3 is 16.4 Å². The Kier molecular flexibility index (Phi) is 11.4. The summed E-state index contributed by atoms with van der Waals surface area (Å²) in [6.45, 7) is 9.82. The van der Waals surface area contributed by atoms with Crippen LogP contribution in [0.15, 0.2) is 58.7 Å². The lowest BCUT2D eigenvalue weighted by Gasteiger charge is -2.23. The summed E-state index contributed by atoms with van der Waals surface area (Å²) in [6, 6.07) is 8.97. The van der Waals surface area contributed by atoms with Crippen LogP contribution in [-0.4, -0.2) is 36.2 Å². The highest BCUT2D eigenvalue weighted by Gasteiger charge is 2.23. The molecule has 2 amide bonds. The van der Waals surface area contributed by atoms with E-state index in [-0.39, 0.29) is 17.9 Å². The van der Waals surface area contributed by atoms with E-state index in [2.05, 4.69) is 15.6 Å². The van der Waals surface area contributed by atoms with E-state index in [4.69, 9.17) is 5.73 Å². The number of nitrogens with one attached hydrogen (secondary N) is 2. The SMILES string of the molecule is C/C=C/C(C)=C(\C)N=C(C)C[C@H](NC(=O)CC)C(=O)N[C@H](CN)Cc1ccccc1. The molecule has 0 aliphatic carbocycles. The predicted octanol–water partition coefficient (Wildman–Crippen LogP) is 3.29. The number of amides is 2. The van der Waals surface area contributed by atoms with Crippen molar-refractivity contribution < 1.29 is 9.59 Å². The minimum absolute atomic E-state index is 0.173. The van der Waals surface area contributed by atoms with Gasteiger partial charge in [-0.25, -0.2) is 0 Å². The Balaban J connectivity index is 2.93. The number of carbonyl (C=O) groups excluding carboxylic acids is 2. The van der Waals surface area contributed by atoms with Crippen molar-refractivity contribution in [1.82, 2.24) is 10.6 Å². The van der Waals surface area contributed by atoms with Crippen LogP contribution < -0.4 is 16.4 Å². The van der Waals surface area contributed by atoms with Gasteiger partial charge in [-0.15, -0.1) is 0 Å². The van der Waals surface area contributed by atoms with Crippen LogP contribution in [-0.2, 0) is 16.0 Å². The van der Waals surface area contributed by atoms with Crippen LogP contribution >= 0.6 is 0 Å². The molecule has 0 aromatic heterocycles. The Hall–Kier alpha value is -2.73. The maximum atomic E-state index is 13.0. The van der Waals surface area contributed by atoms with Crippen molar-refractivity contribution in [3.63, 3.8) is 0 Å². The molecular weight excluding hydrogens is 376 g/mol. The maximum Gasteiger partial charge on any atom is 0.243 e. The average Bonchev–Trinajstić information content (AvgIpc) is 2.73. The largest absolute Gasteiger partial charge is 0.350 e. The molecule has 1 aromatic carbocycles. The molecule has 0 unspecified atom stereocenters. The Morgan fingerprint density at radius 3 is 2.37 bits per heavy atom. The standard InChI is InChI=1S/C24H36N4O2/c1-6-11-17(3)19(5)26-18(4)14-22(28-23(29)7-2)24(30)27-21(16-25)15-20-12-9-8-10-13-20/h6,8-13,21-22H,7,14-16,25H2,1-5H3,(H,27,30)(H,28,29)/b11-6+,19-17+,26-18?/t21-,22-/m0/s1. The Labute approximate surface area is 180 Å². The number of nitrogens with two attached hydrogens (primary N) is 1. The van der Waals surface area contributed by atoms with E-state index in [1.807, 2.05) is 70.2 Å². The monoisotopic (exact) mass is 412 g/mol. The van der Waals surface area contributed by atoms with Gasteiger partial charge in [0.25, 0.3) is 0 Å². The Morgan fingerprint density at radius 1 is 1.13 bits per heavy atom. The summed E-state index contributed by atoms with van der Waals surface area (Å²) in [4.78, 5) is 29.6. The summed E-state index contributed by atoms with van der Waals surface area (Å²) >= 11 is 0. The fourth-order valence-electron chi connectivity index (χ4n) is 2.99. The second kappa shape index (κ2) is 13.5. The molecule has 0 saturated carbocycles. The maximum absolute atomic E-state index is 13.0. The fourth-order valence-corrected chi connectivity index (χ4v) is 2.99. The van der Waals surface area contributed by atoms with Crippen LogP contribution in [0.3, 0.4) is 0 Å². The molecular formula is C24H36N4O2. The van der Waals surface area contributed by atoms with Crippen molar-refractivity contribution in [3.8, 4) is 0 Å². The van der Waals surface area contributed by atoms with Gasteiger partial charge in [-0.3, -0.25) is 14.6 Å². The van der Waals surface area contributed by atoms with Gasteiger partial charge in [-0.2, -0.15) is 0 Å². The summed E-state index contributed by atoms with van der Waals surface area (Å²) in [5.41, 5.74) is 9.70. The molecule has 2 atom stereocenters. The molecule has 0 aliphatic heterocycles. The third-order valence-electron chi connectivity index (χ3n) is 4.77. The van der Waals surface area contributed by atoms with Crippen molar-refractivity contribution in [3.05, 3.63) is 59.3 Å². The molecule has 0 heterocycles. The first-order chi connectivity index (χ1) is 14.3.